The van der Waals surface area contributed by atoms with E-state index in [1.807, 2.05) is 30.3 Å². The smallest absolute Gasteiger partial charge is 0.271 e. The third kappa shape index (κ3) is 3.71. The van der Waals surface area contributed by atoms with Gasteiger partial charge in [-0.3, -0.25) is 10.1 Å². The van der Waals surface area contributed by atoms with Crippen molar-refractivity contribution in [1.82, 2.24) is 0 Å². The molecule has 0 heterocycles. The van der Waals surface area contributed by atoms with Crippen molar-refractivity contribution >= 4 is 23.0 Å². The molecule has 0 aliphatic carbocycles. The van der Waals surface area contributed by atoms with Crippen molar-refractivity contribution in [1.29, 1.82) is 0 Å². The normalized spacial score (nSPS) is 12.0. The van der Waals surface area contributed by atoms with Gasteiger partial charge in [0, 0.05) is 18.7 Å². The number of nitrogens with zero attached hydrogens (tertiary/aromatic N) is 1. The number of non-ortho nitro benzene ring substituents is 1. The molecular formula is C15H15ClN2O3. The van der Waals surface area contributed by atoms with E-state index in [0.29, 0.717) is 11.3 Å². The van der Waals surface area contributed by atoms with Gasteiger partial charge in [0.05, 0.1) is 21.7 Å². The van der Waals surface area contributed by atoms with Crippen LogP contribution >= 0.6 is 11.6 Å². The van der Waals surface area contributed by atoms with Gasteiger partial charge in [-0.05, 0) is 18.1 Å². The lowest BCUT2D eigenvalue weighted by molar-refractivity contribution is -0.384. The number of aryl methyl sites for hydroxylation is 1. The van der Waals surface area contributed by atoms with Crippen LogP contribution < -0.4 is 5.32 Å². The lowest BCUT2D eigenvalue weighted by atomic mass is 10.1. The molecule has 0 aliphatic rings. The number of aliphatic hydroxyl groups excluding tert-OH is 1. The highest BCUT2D eigenvalue weighted by Crippen LogP contribution is 2.31. The summed E-state index contributed by atoms with van der Waals surface area (Å²) in [4.78, 5) is 10.3. The summed E-state index contributed by atoms with van der Waals surface area (Å²) in [6, 6.07) is 12.0. The topological polar surface area (TPSA) is 75.4 Å². The van der Waals surface area contributed by atoms with Gasteiger partial charge < -0.3 is 10.4 Å². The lowest BCUT2D eigenvalue weighted by Gasteiger charge is -2.15. The number of benzene rings is 2. The SMILES string of the molecule is Cc1cc([N+](=O)[O-])cc(Cl)c1NCC(O)c1ccccc1. The zero-order valence-electron chi connectivity index (χ0n) is 11.4. The first-order valence-electron chi connectivity index (χ1n) is 6.40. The Morgan fingerprint density at radius 3 is 2.57 bits per heavy atom. The predicted octanol–water partition coefficient (Wildman–Crippen LogP) is 3.70. The second-order valence-electron chi connectivity index (χ2n) is 4.68. The molecule has 2 rings (SSSR count). The van der Waals surface area contributed by atoms with Crippen molar-refractivity contribution in [3.8, 4) is 0 Å². The number of aliphatic hydroxyl groups is 1. The number of nitrogens with one attached hydrogen (secondary N) is 1. The van der Waals surface area contributed by atoms with Crippen LogP contribution in [0.25, 0.3) is 0 Å². The fourth-order valence-electron chi connectivity index (χ4n) is 2.05. The first kappa shape index (κ1) is 15.3. The van der Waals surface area contributed by atoms with Crippen LogP contribution in [0.4, 0.5) is 11.4 Å². The van der Waals surface area contributed by atoms with Gasteiger partial charge in [0.2, 0.25) is 0 Å². The molecule has 1 atom stereocenters. The summed E-state index contributed by atoms with van der Waals surface area (Å²) in [6.07, 6.45) is -0.683. The highest BCUT2D eigenvalue weighted by atomic mass is 35.5. The quantitative estimate of drug-likeness (QED) is 0.652. The molecule has 2 aromatic rings. The zero-order valence-corrected chi connectivity index (χ0v) is 12.2. The van der Waals surface area contributed by atoms with Gasteiger partial charge in [0.25, 0.3) is 5.69 Å². The van der Waals surface area contributed by atoms with Crippen LogP contribution in [0, 0.1) is 17.0 Å². The standard InChI is InChI=1S/C15H15ClN2O3/c1-10-7-12(18(20)21)8-13(16)15(10)17-9-14(19)11-5-3-2-4-6-11/h2-8,14,17,19H,9H2,1H3. The second kappa shape index (κ2) is 6.56. The highest BCUT2D eigenvalue weighted by Gasteiger charge is 2.14. The number of hydrogen-bond donors (Lipinski definition) is 2. The van der Waals surface area contributed by atoms with Gasteiger partial charge >= 0.3 is 0 Å². The molecule has 1 unspecified atom stereocenters. The van der Waals surface area contributed by atoms with Crippen molar-refractivity contribution in [3.63, 3.8) is 0 Å². The van der Waals surface area contributed by atoms with E-state index in [4.69, 9.17) is 11.6 Å². The second-order valence-corrected chi connectivity index (χ2v) is 5.09. The van der Waals surface area contributed by atoms with Crippen LogP contribution in [-0.4, -0.2) is 16.6 Å². The Morgan fingerprint density at radius 1 is 1.33 bits per heavy atom. The summed E-state index contributed by atoms with van der Waals surface area (Å²) < 4.78 is 0. The molecule has 0 saturated carbocycles. The molecule has 6 heteroatoms. The maximum atomic E-state index is 10.8. The number of rotatable bonds is 5. The Hall–Kier alpha value is -2.11. The number of halogens is 1. The Morgan fingerprint density at radius 2 is 2.00 bits per heavy atom. The van der Waals surface area contributed by atoms with E-state index in [2.05, 4.69) is 5.32 Å². The van der Waals surface area contributed by atoms with Crippen LogP contribution in [0.5, 0.6) is 0 Å². The van der Waals surface area contributed by atoms with Gasteiger partial charge in [-0.15, -0.1) is 0 Å². The number of nitro groups is 1. The average Bonchev–Trinajstić information content (AvgIpc) is 2.46. The Balaban J connectivity index is 2.12. The van der Waals surface area contributed by atoms with Crippen molar-refractivity contribution < 1.29 is 10.0 Å². The van der Waals surface area contributed by atoms with Gasteiger partial charge in [0.1, 0.15) is 0 Å². The van der Waals surface area contributed by atoms with Crippen molar-refractivity contribution in [2.24, 2.45) is 0 Å². The van der Waals surface area contributed by atoms with Crippen LogP contribution in [0.3, 0.4) is 0 Å². The highest BCUT2D eigenvalue weighted by molar-refractivity contribution is 6.33. The fourth-order valence-corrected chi connectivity index (χ4v) is 2.37. The van der Waals surface area contributed by atoms with Gasteiger partial charge in [-0.25, -0.2) is 0 Å². The molecule has 2 aromatic carbocycles. The minimum absolute atomic E-state index is 0.0494. The Kier molecular flexibility index (Phi) is 4.77. The van der Waals surface area contributed by atoms with E-state index >= 15 is 0 Å². The minimum atomic E-state index is -0.683. The minimum Gasteiger partial charge on any atom is -0.387 e. The number of hydrogen-bond acceptors (Lipinski definition) is 4. The van der Waals surface area contributed by atoms with E-state index in [9.17, 15) is 15.2 Å². The Labute approximate surface area is 127 Å². The first-order valence-corrected chi connectivity index (χ1v) is 6.78. The maximum absolute atomic E-state index is 10.8. The molecule has 21 heavy (non-hydrogen) atoms. The number of nitro benzene ring substituents is 1. The zero-order chi connectivity index (χ0) is 15.4. The first-order chi connectivity index (χ1) is 9.99. The van der Waals surface area contributed by atoms with Crippen LogP contribution in [0.2, 0.25) is 5.02 Å². The summed E-state index contributed by atoms with van der Waals surface area (Å²) in [7, 11) is 0. The van der Waals surface area contributed by atoms with Gasteiger partial charge in [0.15, 0.2) is 0 Å². The maximum Gasteiger partial charge on any atom is 0.271 e. The largest absolute Gasteiger partial charge is 0.387 e. The van der Waals surface area contributed by atoms with Gasteiger partial charge in [-0.1, -0.05) is 41.9 Å². The van der Waals surface area contributed by atoms with Crippen molar-refractivity contribution in [3.05, 3.63) is 68.7 Å². The van der Waals surface area contributed by atoms with Gasteiger partial charge in [-0.2, -0.15) is 0 Å². The van der Waals surface area contributed by atoms with E-state index in [-0.39, 0.29) is 17.3 Å². The molecule has 0 spiro atoms. The van der Waals surface area contributed by atoms with Crippen LogP contribution in [0.15, 0.2) is 42.5 Å². The molecule has 0 aliphatic heterocycles. The van der Waals surface area contributed by atoms with E-state index in [1.165, 1.54) is 12.1 Å². The molecule has 0 fully saturated rings. The van der Waals surface area contributed by atoms with Crippen LogP contribution in [-0.2, 0) is 0 Å². The Bertz CT molecular complexity index is 624. The molecule has 110 valence electrons. The molecule has 0 radical (unpaired) electrons. The fraction of sp³-hybridized carbons (Fsp3) is 0.200. The van der Waals surface area contributed by atoms with E-state index in [0.717, 1.165) is 5.56 Å². The summed E-state index contributed by atoms with van der Waals surface area (Å²) in [5.41, 5.74) is 2.00. The van der Waals surface area contributed by atoms with E-state index in [1.54, 1.807) is 6.92 Å². The van der Waals surface area contributed by atoms with E-state index < -0.39 is 11.0 Å². The van der Waals surface area contributed by atoms with Crippen molar-refractivity contribution in [2.75, 3.05) is 11.9 Å². The number of anilines is 1. The molecule has 0 aromatic heterocycles. The van der Waals surface area contributed by atoms with Crippen molar-refractivity contribution in [2.45, 2.75) is 13.0 Å². The average molecular weight is 307 g/mol. The monoisotopic (exact) mass is 306 g/mol. The third-order valence-electron chi connectivity index (χ3n) is 3.14. The molecular weight excluding hydrogens is 292 g/mol. The lowest BCUT2D eigenvalue weighted by Crippen LogP contribution is -2.13. The molecule has 0 bridgehead atoms. The summed E-state index contributed by atoms with van der Waals surface area (Å²) in [5.74, 6) is 0. The predicted molar refractivity (Wildman–Crippen MR) is 82.7 cm³/mol. The summed E-state index contributed by atoms with van der Waals surface area (Å²) in [5, 5.41) is 24.2. The molecule has 5 nitrogen and oxygen atoms in total. The molecule has 0 saturated heterocycles. The summed E-state index contributed by atoms with van der Waals surface area (Å²) >= 11 is 6.06. The summed E-state index contributed by atoms with van der Waals surface area (Å²) in [6.45, 7) is 2.00. The molecule has 2 N–H and O–H groups in total. The van der Waals surface area contributed by atoms with Crippen LogP contribution in [0.1, 0.15) is 17.2 Å². The molecule has 0 amide bonds. The third-order valence-corrected chi connectivity index (χ3v) is 3.44.